The van der Waals surface area contributed by atoms with Gasteiger partial charge in [-0.2, -0.15) is 5.26 Å². The van der Waals surface area contributed by atoms with E-state index in [1.54, 1.807) is 18.2 Å². The van der Waals surface area contributed by atoms with Crippen LogP contribution in [0, 0.1) is 23.0 Å². The molecular formula is C30H26Cl2F2N8. The third-order valence-electron chi connectivity index (χ3n) is 7.37. The van der Waals surface area contributed by atoms with E-state index < -0.39 is 11.9 Å². The number of benzene rings is 3. The van der Waals surface area contributed by atoms with Crippen LogP contribution in [0.5, 0.6) is 0 Å². The molecule has 6 rings (SSSR count). The molecule has 42 heavy (non-hydrogen) atoms. The van der Waals surface area contributed by atoms with Crippen molar-refractivity contribution in [2.24, 2.45) is 0 Å². The van der Waals surface area contributed by atoms with E-state index in [-0.39, 0.29) is 16.4 Å². The summed E-state index contributed by atoms with van der Waals surface area (Å²) in [5.74, 6) is -0.882. The average Bonchev–Trinajstić information content (AvgIpc) is 3.49. The highest BCUT2D eigenvalue weighted by Crippen LogP contribution is 2.37. The summed E-state index contributed by atoms with van der Waals surface area (Å²) in [6.07, 6.45) is 5.46. The highest BCUT2D eigenvalue weighted by molar-refractivity contribution is 6.36. The molecule has 3 aromatic carbocycles. The van der Waals surface area contributed by atoms with Crippen molar-refractivity contribution in [3.63, 3.8) is 0 Å². The Balaban J connectivity index is 1.39. The first-order valence-electron chi connectivity index (χ1n) is 13.4. The third kappa shape index (κ3) is 5.78. The molecule has 5 N–H and O–H groups in total. The maximum atomic E-state index is 13.9. The minimum atomic E-state index is -0.549. The first-order chi connectivity index (χ1) is 20.4. The summed E-state index contributed by atoms with van der Waals surface area (Å²) in [6, 6.07) is 16.2. The van der Waals surface area contributed by atoms with Gasteiger partial charge >= 0.3 is 0 Å². The molecular weight excluding hydrogens is 581 g/mol. The van der Waals surface area contributed by atoms with Gasteiger partial charge in [-0.1, -0.05) is 35.3 Å². The number of aromatic nitrogens is 1. The maximum absolute atomic E-state index is 13.9. The molecule has 1 saturated heterocycles. The van der Waals surface area contributed by atoms with Gasteiger partial charge in [0.05, 0.1) is 38.6 Å². The van der Waals surface area contributed by atoms with Gasteiger partial charge in [0.25, 0.3) is 0 Å². The number of hydrogen-bond donors (Lipinski definition) is 5. The van der Waals surface area contributed by atoms with Gasteiger partial charge in [-0.05, 0) is 74.0 Å². The zero-order chi connectivity index (χ0) is 29.2. The topological polar surface area (TPSA) is 100 Å². The fourth-order valence-electron chi connectivity index (χ4n) is 5.21. The van der Waals surface area contributed by atoms with Gasteiger partial charge in [-0.3, -0.25) is 9.99 Å². The number of anilines is 3. The molecule has 214 valence electrons. The number of hydrazine groups is 2. The van der Waals surface area contributed by atoms with Crippen LogP contribution in [0.15, 0.2) is 72.7 Å². The number of piperidine rings is 1. The summed E-state index contributed by atoms with van der Waals surface area (Å²) >= 11 is 12.7. The molecule has 1 atom stereocenters. The Bertz CT molecular complexity index is 1700. The largest absolute Gasteiger partial charge is 0.373 e. The van der Waals surface area contributed by atoms with Crippen molar-refractivity contribution in [2.45, 2.75) is 24.9 Å². The normalized spacial score (nSPS) is 16.1. The van der Waals surface area contributed by atoms with Crippen LogP contribution < -0.4 is 26.9 Å². The average molecular weight is 607 g/mol. The first kappa shape index (κ1) is 28.0. The van der Waals surface area contributed by atoms with Gasteiger partial charge in [0, 0.05) is 35.2 Å². The van der Waals surface area contributed by atoms with Crippen molar-refractivity contribution in [1.29, 1.82) is 5.26 Å². The Morgan fingerprint density at radius 1 is 1.00 bits per heavy atom. The van der Waals surface area contributed by atoms with Crippen molar-refractivity contribution in [1.82, 2.24) is 26.3 Å². The van der Waals surface area contributed by atoms with E-state index in [0.29, 0.717) is 39.0 Å². The number of nitriles is 1. The van der Waals surface area contributed by atoms with Crippen LogP contribution >= 0.6 is 23.2 Å². The molecule has 4 aromatic rings. The lowest BCUT2D eigenvalue weighted by atomic mass is 10.0. The van der Waals surface area contributed by atoms with Crippen molar-refractivity contribution >= 4 is 51.2 Å². The van der Waals surface area contributed by atoms with E-state index in [4.69, 9.17) is 23.2 Å². The van der Waals surface area contributed by atoms with Crippen LogP contribution in [0.1, 0.15) is 30.0 Å². The maximum Gasteiger partial charge on any atom is 0.141 e. The third-order valence-corrected chi connectivity index (χ3v) is 7.95. The van der Waals surface area contributed by atoms with Crippen LogP contribution in [0.3, 0.4) is 0 Å². The molecule has 0 radical (unpaired) electrons. The first-order valence-corrected chi connectivity index (χ1v) is 14.1. The van der Waals surface area contributed by atoms with Crippen molar-refractivity contribution < 1.29 is 8.78 Å². The summed E-state index contributed by atoms with van der Waals surface area (Å²) in [5, 5.41) is 22.9. The molecule has 3 heterocycles. The summed E-state index contributed by atoms with van der Waals surface area (Å²) < 4.78 is 27.7. The van der Waals surface area contributed by atoms with Gasteiger partial charge in [-0.25, -0.2) is 8.78 Å². The van der Waals surface area contributed by atoms with E-state index in [1.807, 2.05) is 12.3 Å². The van der Waals surface area contributed by atoms with E-state index >= 15 is 0 Å². The second-order valence-corrected chi connectivity index (χ2v) is 10.9. The fraction of sp³-hybridized carbons (Fsp3) is 0.200. The Hall–Kier alpha value is -4.14. The molecule has 1 fully saturated rings. The van der Waals surface area contributed by atoms with E-state index in [1.165, 1.54) is 36.5 Å². The van der Waals surface area contributed by atoms with Gasteiger partial charge in [0.15, 0.2) is 0 Å². The molecule has 0 aliphatic carbocycles. The number of halogens is 4. The molecule has 2 aliphatic rings. The number of nitrogens with zero attached hydrogens (tertiary/aromatic N) is 3. The van der Waals surface area contributed by atoms with Crippen molar-refractivity contribution in [3.05, 3.63) is 105 Å². The van der Waals surface area contributed by atoms with Gasteiger partial charge < -0.3 is 21.4 Å². The van der Waals surface area contributed by atoms with Crippen molar-refractivity contribution in [3.8, 4) is 6.07 Å². The summed E-state index contributed by atoms with van der Waals surface area (Å²) in [6.45, 7) is 1.89. The van der Waals surface area contributed by atoms with Crippen LogP contribution in [0.4, 0.5) is 25.8 Å². The lowest BCUT2D eigenvalue weighted by Gasteiger charge is -2.30. The molecule has 0 spiro atoms. The lowest BCUT2D eigenvalue weighted by molar-refractivity contribution is 0.162. The predicted molar refractivity (Wildman–Crippen MR) is 161 cm³/mol. The lowest BCUT2D eigenvalue weighted by Crippen LogP contribution is -2.47. The highest BCUT2D eigenvalue weighted by Gasteiger charge is 2.27. The summed E-state index contributed by atoms with van der Waals surface area (Å²) in [7, 11) is 0. The minimum Gasteiger partial charge on any atom is -0.373 e. The quantitative estimate of drug-likeness (QED) is 0.162. The molecule has 0 bridgehead atoms. The molecule has 8 nitrogen and oxygen atoms in total. The Kier molecular flexibility index (Phi) is 8.00. The van der Waals surface area contributed by atoms with Crippen LogP contribution in [-0.2, 0) is 0 Å². The van der Waals surface area contributed by atoms with E-state index in [2.05, 4.69) is 43.0 Å². The van der Waals surface area contributed by atoms with Crippen LogP contribution in [0.25, 0.3) is 10.9 Å². The number of pyridine rings is 1. The molecule has 0 saturated carbocycles. The predicted octanol–water partition coefficient (Wildman–Crippen LogP) is 6.51. The van der Waals surface area contributed by atoms with Gasteiger partial charge in [-0.15, -0.1) is 5.53 Å². The van der Waals surface area contributed by atoms with Crippen molar-refractivity contribution in [2.75, 3.05) is 23.7 Å². The van der Waals surface area contributed by atoms with E-state index in [9.17, 15) is 14.0 Å². The number of rotatable bonds is 7. The van der Waals surface area contributed by atoms with E-state index in [0.717, 1.165) is 37.2 Å². The molecule has 12 heteroatoms. The minimum absolute atomic E-state index is 0.0520. The van der Waals surface area contributed by atoms with Crippen LogP contribution in [-0.4, -0.2) is 29.1 Å². The smallest absolute Gasteiger partial charge is 0.141 e. The zero-order valence-corrected chi connectivity index (χ0v) is 23.7. The summed E-state index contributed by atoms with van der Waals surface area (Å²) in [4.78, 5) is 4.42. The number of nitrogens with one attached hydrogen (secondary N) is 5. The molecule has 2 aliphatic heterocycles. The Labute approximate surface area is 251 Å². The molecule has 0 amide bonds. The Morgan fingerprint density at radius 3 is 2.50 bits per heavy atom. The second kappa shape index (κ2) is 12.0. The highest BCUT2D eigenvalue weighted by atomic mass is 35.5. The van der Waals surface area contributed by atoms with Gasteiger partial charge in [0.1, 0.15) is 17.7 Å². The molecule has 0 unspecified atom stereocenters. The van der Waals surface area contributed by atoms with Gasteiger partial charge in [0.2, 0.25) is 0 Å². The molecule has 1 aromatic heterocycles. The fourth-order valence-corrected chi connectivity index (χ4v) is 5.66. The SMILES string of the molecule is N#Cc1cnc2c(Cl)cc(N[C@@H](C3=CN(C4CCNCC4)NN3)c3ccc(F)cc3)cc2c1Nc1ccc(F)c(Cl)c1. The Morgan fingerprint density at radius 2 is 1.76 bits per heavy atom. The van der Waals surface area contributed by atoms with Crippen LogP contribution in [0.2, 0.25) is 10.0 Å². The zero-order valence-electron chi connectivity index (χ0n) is 22.2. The monoisotopic (exact) mass is 606 g/mol. The number of hydrogen-bond acceptors (Lipinski definition) is 8. The second-order valence-electron chi connectivity index (χ2n) is 10.1. The number of fused-ring (bicyclic) bond motifs is 1. The standard InChI is InChI=1S/C30H26Cl2F2N8/c31-24-12-20(5-6-26(24)34)38-28-18(14-35)15-37-30-23(28)11-21(13-25(30)32)39-29(17-1-3-19(33)4-2-17)27-16-42(41-40-27)22-7-9-36-10-8-22/h1-6,11-13,15-16,22,29,36,39-41H,7-10H2,(H,37,38)/t29-/m1/s1. The summed E-state index contributed by atoms with van der Waals surface area (Å²) in [5.41, 5.74) is 10.5.